The third kappa shape index (κ3) is 2.59. The number of nitrogens with zero attached hydrogens (tertiary/aromatic N) is 3. The van der Waals surface area contributed by atoms with E-state index in [0.29, 0.717) is 18.7 Å². The van der Waals surface area contributed by atoms with Gasteiger partial charge in [0.1, 0.15) is 0 Å². The molecule has 1 aliphatic rings. The van der Waals surface area contributed by atoms with Gasteiger partial charge in [0.05, 0.1) is 35.2 Å². The molecule has 3 rings (SSSR count). The van der Waals surface area contributed by atoms with E-state index in [9.17, 15) is 8.42 Å². The summed E-state index contributed by atoms with van der Waals surface area (Å²) >= 11 is 0. The van der Waals surface area contributed by atoms with E-state index in [1.165, 1.54) is 6.20 Å². The number of sulfone groups is 1. The third-order valence-electron chi connectivity index (χ3n) is 3.37. The molecule has 6 nitrogen and oxygen atoms in total. The van der Waals surface area contributed by atoms with E-state index in [4.69, 9.17) is 4.74 Å². The lowest BCUT2D eigenvalue weighted by Gasteiger charge is -2.10. The topological polar surface area (TPSA) is 74.1 Å². The molecule has 7 heteroatoms. The molecule has 20 heavy (non-hydrogen) atoms. The van der Waals surface area contributed by atoms with Gasteiger partial charge < -0.3 is 4.74 Å². The third-order valence-corrected chi connectivity index (χ3v) is 5.45. The van der Waals surface area contributed by atoms with E-state index in [-0.39, 0.29) is 12.4 Å². The molecule has 0 bridgehead atoms. The molecule has 0 saturated carbocycles. The van der Waals surface area contributed by atoms with Gasteiger partial charge in [0.15, 0.2) is 9.84 Å². The fraction of sp³-hybridized carbons (Fsp3) is 0.385. The summed E-state index contributed by atoms with van der Waals surface area (Å²) in [7, 11) is -3.24. The quantitative estimate of drug-likeness (QED) is 0.840. The van der Waals surface area contributed by atoms with Gasteiger partial charge in [-0.3, -0.25) is 0 Å². The van der Waals surface area contributed by atoms with Crippen LogP contribution >= 0.6 is 0 Å². The molecule has 0 N–H and O–H groups in total. The van der Waals surface area contributed by atoms with Gasteiger partial charge in [0.2, 0.25) is 0 Å². The van der Waals surface area contributed by atoms with Gasteiger partial charge in [-0.2, -0.15) is 0 Å². The molecule has 0 radical (unpaired) electrons. The monoisotopic (exact) mass is 293 g/mol. The lowest BCUT2D eigenvalue weighted by atomic mass is 10.3. The van der Waals surface area contributed by atoms with Crippen molar-refractivity contribution in [3.05, 3.63) is 42.2 Å². The van der Waals surface area contributed by atoms with Gasteiger partial charge in [-0.05, 0) is 18.6 Å². The van der Waals surface area contributed by atoms with Crippen molar-refractivity contribution in [2.24, 2.45) is 0 Å². The van der Waals surface area contributed by atoms with Gasteiger partial charge in [-0.1, -0.05) is 23.4 Å². The Hall–Kier alpha value is -1.73. The highest BCUT2D eigenvalue weighted by Crippen LogP contribution is 2.19. The van der Waals surface area contributed by atoms with E-state index in [1.807, 2.05) is 30.3 Å². The van der Waals surface area contributed by atoms with Gasteiger partial charge in [-0.25, -0.2) is 13.1 Å². The van der Waals surface area contributed by atoms with Crippen molar-refractivity contribution in [2.45, 2.75) is 17.4 Å². The summed E-state index contributed by atoms with van der Waals surface area (Å²) in [5.41, 5.74) is 1.38. The molecule has 1 fully saturated rings. The molecule has 1 unspecified atom stereocenters. The largest absolute Gasteiger partial charge is 0.380 e. The molecule has 1 saturated heterocycles. The Morgan fingerprint density at radius 2 is 2.10 bits per heavy atom. The number of aromatic nitrogens is 3. The van der Waals surface area contributed by atoms with Crippen LogP contribution in [0.4, 0.5) is 0 Å². The van der Waals surface area contributed by atoms with Crippen molar-refractivity contribution < 1.29 is 13.2 Å². The van der Waals surface area contributed by atoms with Crippen LogP contribution in [0.1, 0.15) is 12.1 Å². The minimum atomic E-state index is -3.24. The van der Waals surface area contributed by atoms with E-state index in [0.717, 1.165) is 5.69 Å². The predicted octanol–water partition coefficient (Wildman–Crippen LogP) is 0.971. The maximum atomic E-state index is 12.3. The maximum absolute atomic E-state index is 12.3. The smallest absolute Gasteiger partial charge is 0.161 e. The van der Waals surface area contributed by atoms with Crippen molar-refractivity contribution in [2.75, 3.05) is 13.2 Å². The van der Waals surface area contributed by atoms with E-state index < -0.39 is 15.1 Å². The summed E-state index contributed by atoms with van der Waals surface area (Å²) in [5.74, 6) is -0.0665. The summed E-state index contributed by atoms with van der Waals surface area (Å²) in [5, 5.41) is 7.38. The van der Waals surface area contributed by atoms with Crippen LogP contribution in [-0.2, 0) is 20.3 Å². The van der Waals surface area contributed by atoms with Crippen molar-refractivity contribution in [3.63, 3.8) is 0 Å². The zero-order chi connectivity index (χ0) is 14.0. The summed E-state index contributed by atoms with van der Waals surface area (Å²) in [6, 6.07) is 9.37. The standard InChI is InChI=1S/C13H15N3O3S/c17-20(18,13-6-7-19-9-13)10-12-8-14-15-16(12)11-4-2-1-3-5-11/h1-5,8,13H,6-7,9-10H2. The molecule has 1 aliphatic heterocycles. The molecule has 0 amide bonds. The number of rotatable bonds is 4. The summed E-state index contributed by atoms with van der Waals surface area (Å²) in [6.45, 7) is 0.801. The highest BCUT2D eigenvalue weighted by Gasteiger charge is 2.30. The summed E-state index contributed by atoms with van der Waals surface area (Å²) in [6.07, 6.45) is 2.07. The molecule has 1 aromatic heterocycles. The van der Waals surface area contributed by atoms with Crippen molar-refractivity contribution in [3.8, 4) is 5.69 Å². The van der Waals surface area contributed by atoms with Crippen LogP contribution in [0.2, 0.25) is 0 Å². The fourth-order valence-electron chi connectivity index (χ4n) is 2.26. The van der Waals surface area contributed by atoms with Crippen LogP contribution in [0, 0.1) is 0 Å². The average Bonchev–Trinajstić information content (AvgIpc) is 3.10. The molecule has 2 aromatic rings. The first-order chi connectivity index (χ1) is 9.67. The number of hydrogen-bond donors (Lipinski definition) is 0. The summed E-state index contributed by atoms with van der Waals surface area (Å²) in [4.78, 5) is 0. The predicted molar refractivity (Wildman–Crippen MR) is 73.2 cm³/mol. The lowest BCUT2D eigenvalue weighted by Crippen LogP contribution is -2.24. The molecule has 0 aliphatic carbocycles. The second kappa shape index (κ2) is 5.34. The first-order valence-corrected chi connectivity index (χ1v) is 8.13. The Morgan fingerprint density at radius 3 is 2.80 bits per heavy atom. The van der Waals surface area contributed by atoms with Crippen LogP contribution in [0.15, 0.2) is 36.5 Å². The van der Waals surface area contributed by atoms with Gasteiger partial charge in [-0.15, -0.1) is 5.10 Å². The molecule has 0 spiro atoms. The Morgan fingerprint density at radius 1 is 1.30 bits per heavy atom. The lowest BCUT2D eigenvalue weighted by molar-refractivity contribution is 0.198. The second-order valence-electron chi connectivity index (χ2n) is 4.77. The van der Waals surface area contributed by atoms with Gasteiger partial charge >= 0.3 is 0 Å². The van der Waals surface area contributed by atoms with Crippen LogP contribution in [0.25, 0.3) is 5.69 Å². The average molecular weight is 293 g/mol. The Kier molecular flexibility index (Phi) is 3.54. The summed E-state index contributed by atoms with van der Waals surface area (Å²) < 4.78 is 31.4. The molecule has 1 atom stereocenters. The molecular formula is C13H15N3O3S. The van der Waals surface area contributed by atoms with Crippen LogP contribution in [0.3, 0.4) is 0 Å². The minimum absolute atomic E-state index is 0.0665. The normalized spacial score (nSPS) is 19.3. The number of ether oxygens (including phenoxy) is 1. The van der Waals surface area contributed by atoms with E-state index >= 15 is 0 Å². The first kappa shape index (κ1) is 13.3. The minimum Gasteiger partial charge on any atom is -0.380 e. The van der Waals surface area contributed by atoms with Crippen LogP contribution in [-0.4, -0.2) is 41.9 Å². The van der Waals surface area contributed by atoms with E-state index in [1.54, 1.807) is 4.68 Å². The van der Waals surface area contributed by atoms with Crippen molar-refractivity contribution in [1.29, 1.82) is 0 Å². The number of para-hydroxylation sites is 1. The first-order valence-electron chi connectivity index (χ1n) is 6.41. The van der Waals surface area contributed by atoms with Crippen LogP contribution < -0.4 is 0 Å². The molecular weight excluding hydrogens is 278 g/mol. The van der Waals surface area contributed by atoms with Crippen LogP contribution in [0.5, 0.6) is 0 Å². The Bertz CT molecular complexity index is 676. The number of hydrogen-bond acceptors (Lipinski definition) is 5. The zero-order valence-corrected chi connectivity index (χ0v) is 11.7. The maximum Gasteiger partial charge on any atom is 0.161 e. The number of benzene rings is 1. The SMILES string of the molecule is O=S(=O)(Cc1cnnn1-c1ccccc1)C1CCOC1. The van der Waals surface area contributed by atoms with Crippen molar-refractivity contribution >= 4 is 9.84 Å². The van der Waals surface area contributed by atoms with Gasteiger partial charge in [0, 0.05) is 6.61 Å². The van der Waals surface area contributed by atoms with E-state index in [2.05, 4.69) is 10.3 Å². The van der Waals surface area contributed by atoms with Crippen molar-refractivity contribution in [1.82, 2.24) is 15.0 Å². The fourth-order valence-corrected chi connectivity index (χ4v) is 3.87. The molecule has 1 aromatic carbocycles. The Labute approximate surface area is 117 Å². The zero-order valence-electron chi connectivity index (χ0n) is 10.8. The molecule has 106 valence electrons. The Balaban J connectivity index is 1.87. The highest BCUT2D eigenvalue weighted by atomic mass is 32.2. The highest BCUT2D eigenvalue weighted by molar-refractivity contribution is 7.91. The molecule has 2 heterocycles. The second-order valence-corrected chi connectivity index (χ2v) is 7.05. The van der Waals surface area contributed by atoms with Gasteiger partial charge in [0.25, 0.3) is 0 Å².